The molecule has 0 heterocycles. The van der Waals surface area contributed by atoms with E-state index in [1.807, 2.05) is 24.3 Å². The predicted molar refractivity (Wildman–Crippen MR) is 70.7 cm³/mol. The lowest BCUT2D eigenvalue weighted by Crippen LogP contribution is -2.29. The van der Waals surface area contributed by atoms with Gasteiger partial charge in [-0.15, -0.1) is 11.8 Å². The number of methoxy groups -OCH3 is 1. The summed E-state index contributed by atoms with van der Waals surface area (Å²) in [5.74, 6) is 0.859. The van der Waals surface area contributed by atoms with Crippen LogP contribution >= 0.6 is 11.8 Å². The highest BCUT2D eigenvalue weighted by atomic mass is 32.2. The first kappa shape index (κ1) is 12.5. The fourth-order valence-electron chi connectivity index (χ4n) is 2.27. The third-order valence-corrected chi connectivity index (χ3v) is 4.71. The summed E-state index contributed by atoms with van der Waals surface area (Å²) in [5, 5.41) is 0. The molecule has 3 heteroatoms. The van der Waals surface area contributed by atoms with Gasteiger partial charge in [0, 0.05) is 4.90 Å². The molecule has 1 aromatic rings. The van der Waals surface area contributed by atoms with Gasteiger partial charge in [-0.3, -0.25) is 0 Å². The second-order valence-electron chi connectivity index (χ2n) is 4.52. The van der Waals surface area contributed by atoms with Gasteiger partial charge in [-0.1, -0.05) is 19.3 Å². The van der Waals surface area contributed by atoms with Crippen LogP contribution in [0.5, 0.6) is 5.75 Å². The van der Waals surface area contributed by atoms with E-state index >= 15 is 0 Å². The van der Waals surface area contributed by atoms with Gasteiger partial charge in [-0.05, 0) is 37.1 Å². The molecular formula is C14H18O2S. The van der Waals surface area contributed by atoms with Gasteiger partial charge in [-0.25, -0.2) is 0 Å². The summed E-state index contributed by atoms with van der Waals surface area (Å²) in [6.07, 6.45) is 6.77. The summed E-state index contributed by atoms with van der Waals surface area (Å²) < 4.78 is 4.94. The number of benzene rings is 1. The van der Waals surface area contributed by atoms with Crippen LogP contribution in [0.2, 0.25) is 0 Å². The average molecular weight is 250 g/mol. The lowest BCUT2D eigenvalue weighted by Gasteiger charge is -2.31. The molecule has 0 aromatic heterocycles. The summed E-state index contributed by atoms with van der Waals surface area (Å²) >= 11 is 1.71. The Bertz CT molecular complexity index is 366. The van der Waals surface area contributed by atoms with Crippen molar-refractivity contribution in [3.63, 3.8) is 0 Å². The molecule has 0 unspecified atom stereocenters. The second-order valence-corrected chi connectivity index (χ2v) is 6.01. The number of aldehydes is 1. The molecule has 1 aromatic carbocycles. The minimum absolute atomic E-state index is 0.188. The minimum atomic E-state index is -0.188. The van der Waals surface area contributed by atoms with Crippen molar-refractivity contribution in [3.8, 4) is 5.75 Å². The first-order valence-electron chi connectivity index (χ1n) is 6.07. The molecular weight excluding hydrogens is 232 g/mol. The van der Waals surface area contributed by atoms with E-state index in [9.17, 15) is 4.79 Å². The van der Waals surface area contributed by atoms with Crippen LogP contribution < -0.4 is 4.74 Å². The first-order valence-corrected chi connectivity index (χ1v) is 6.89. The zero-order valence-corrected chi connectivity index (χ0v) is 11.0. The van der Waals surface area contributed by atoms with Crippen LogP contribution in [0, 0.1) is 0 Å². The van der Waals surface area contributed by atoms with E-state index < -0.39 is 0 Å². The molecule has 1 fully saturated rings. The summed E-state index contributed by atoms with van der Waals surface area (Å²) in [5.41, 5.74) is 0. The molecule has 0 atom stereocenters. The molecule has 92 valence electrons. The van der Waals surface area contributed by atoms with Crippen LogP contribution in [0.15, 0.2) is 29.2 Å². The second kappa shape index (κ2) is 5.58. The SMILES string of the molecule is COc1ccc(SC2(C=O)CCCCC2)cc1. The zero-order valence-electron chi connectivity index (χ0n) is 10.1. The maximum atomic E-state index is 11.4. The molecule has 0 saturated heterocycles. The van der Waals surface area contributed by atoms with Gasteiger partial charge in [-0.2, -0.15) is 0 Å². The smallest absolute Gasteiger partial charge is 0.136 e. The van der Waals surface area contributed by atoms with Crippen LogP contribution in [0.25, 0.3) is 0 Å². The van der Waals surface area contributed by atoms with Gasteiger partial charge >= 0.3 is 0 Å². The Morgan fingerprint density at radius 3 is 2.35 bits per heavy atom. The topological polar surface area (TPSA) is 26.3 Å². The van der Waals surface area contributed by atoms with Crippen LogP contribution in [0.1, 0.15) is 32.1 Å². The fraction of sp³-hybridized carbons (Fsp3) is 0.500. The number of thioether (sulfide) groups is 1. The summed E-state index contributed by atoms with van der Waals surface area (Å²) in [4.78, 5) is 12.5. The number of rotatable bonds is 4. The highest BCUT2D eigenvalue weighted by Crippen LogP contribution is 2.42. The molecule has 0 radical (unpaired) electrons. The van der Waals surface area contributed by atoms with Crippen molar-refractivity contribution < 1.29 is 9.53 Å². The number of carbonyl (C=O) groups excluding carboxylic acids is 1. The average Bonchev–Trinajstić information content (AvgIpc) is 2.41. The van der Waals surface area contributed by atoms with Crippen LogP contribution in [-0.2, 0) is 4.79 Å². The first-order chi connectivity index (χ1) is 8.28. The highest BCUT2D eigenvalue weighted by Gasteiger charge is 2.32. The van der Waals surface area contributed by atoms with E-state index in [4.69, 9.17) is 4.74 Å². The van der Waals surface area contributed by atoms with Gasteiger partial charge in [0.05, 0.1) is 11.9 Å². The lowest BCUT2D eigenvalue weighted by molar-refractivity contribution is -0.110. The number of hydrogen-bond donors (Lipinski definition) is 0. The van der Waals surface area contributed by atoms with Gasteiger partial charge in [0.1, 0.15) is 12.0 Å². The Balaban J connectivity index is 2.09. The van der Waals surface area contributed by atoms with E-state index in [1.165, 1.54) is 19.3 Å². The van der Waals surface area contributed by atoms with Crippen LogP contribution in [0.3, 0.4) is 0 Å². The predicted octanol–water partition coefficient (Wildman–Crippen LogP) is 3.69. The van der Waals surface area contributed by atoms with Gasteiger partial charge in [0.15, 0.2) is 0 Å². The van der Waals surface area contributed by atoms with Crippen LogP contribution in [0.4, 0.5) is 0 Å². The van der Waals surface area contributed by atoms with E-state index in [0.29, 0.717) is 0 Å². The van der Waals surface area contributed by atoms with E-state index in [-0.39, 0.29) is 4.75 Å². The Morgan fingerprint density at radius 1 is 1.18 bits per heavy atom. The standard InChI is InChI=1S/C14H18O2S/c1-16-12-5-7-13(8-6-12)17-14(11-15)9-3-2-4-10-14/h5-8,11H,2-4,9-10H2,1H3. The van der Waals surface area contributed by atoms with Crippen molar-refractivity contribution in [3.05, 3.63) is 24.3 Å². The highest BCUT2D eigenvalue weighted by molar-refractivity contribution is 8.01. The molecule has 0 bridgehead atoms. The molecule has 1 aliphatic carbocycles. The largest absolute Gasteiger partial charge is 0.497 e. The monoisotopic (exact) mass is 250 g/mol. The Hall–Kier alpha value is -0.960. The summed E-state index contributed by atoms with van der Waals surface area (Å²) in [6.45, 7) is 0. The molecule has 2 nitrogen and oxygen atoms in total. The lowest BCUT2D eigenvalue weighted by atomic mass is 9.89. The third-order valence-electron chi connectivity index (χ3n) is 3.30. The normalized spacial score (nSPS) is 18.6. The summed E-state index contributed by atoms with van der Waals surface area (Å²) in [7, 11) is 1.66. The number of ether oxygens (including phenoxy) is 1. The van der Waals surface area contributed by atoms with E-state index in [0.717, 1.165) is 29.8 Å². The van der Waals surface area contributed by atoms with E-state index in [2.05, 4.69) is 0 Å². The van der Waals surface area contributed by atoms with Crippen molar-refractivity contribution in [1.29, 1.82) is 0 Å². The maximum absolute atomic E-state index is 11.4. The Morgan fingerprint density at radius 2 is 1.82 bits per heavy atom. The van der Waals surface area contributed by atoms with Crippen molar-refractivity contribution in [2.24, 2.45) is 0 Å². The Kier molecular flexibility index (Phi) is 4.11. The van der Waals surface area contributed by atoms with Crippen molar-refractivity contribution in [2.75, 3.05) is 7.11 Å². The molecule has 0 N–H and O–H groups in total. The minimum Gasteiger partial charge on any atom is -0.497 e. The molecule has 17 heavy (non-hydrogen) atoms. The van der Waals surface area contributed by atoms with Gasteiger partial charge in [0.25, 0.3) is 0 Å². The molecule has 0 spiro atoms. The number of carbonyl (C=O) groups is 1. The van der Waals surface area contributed by atoms with Gasteiger partial charge in [0.2, 0.25) is 0 Å². The summed E-state index contributed by atoms with van der Waals surface area (Å²) in [6, 6.07) is 7.96. The molecule has 0 amide bonds. The van der Waals surface area contributed by atoms with Crippen molar-refractivity contribution in [1.82, 2.24) is 0 Å². The Labute approximate surface area is 107 Å². The zero-order chi connectivity index (χ0) is 12.1. The molecule has 1 aliphatic rings. The number of hydrogen-bond acceptors (Lipinski definition) is 3. The quantitative estimate of drug-likeness (QED) is 0.762. The molecule has 0 aliphatic heterocycles. The third kappa shape index (κ3) is 3.03. The molecule has 2 rings (SSSR count). The van der Waals surface area contributed by atoms with Gasteiger partial charge < -0.3 is 9.53 Å². The van der Waals surface area contributed by atoms with Crippen molar-refractivity contribution >= 4 is 18.0 Å². The maximum Gasteiger partial charge on any atom is 0.136 e. The molecule has 1 saturated carbocycles. The van der Waals surface area contributed by atoms with Crippen molar-refractivity contribution in [2.45, 2.75) is 41.7 Å². The van der Waals surface area contributed by atoms with E-state index in [1.54, 1.807) is 18.9 Å². The fourth-order valence-corrected chi connectivity index (χ4v) is 3.56. The van der Waals surface area contributed by atoms with Crippen LogP contribution in [-0.4, -0.2) is 18.1 Å².